The van der Waals surface area contributed by atoms with Crippen LogP contribution in [0.5, 0.6) is 0 Å². The SMILES string of the molecule is CC1(C)c2ccccc2-c2ccc(-c3cccc4c3sc3c(I)cccc34)cc21.CC1(C)c2ccccc2-c2ccc(-c3cccc4c3sc3ccccc34)cc21.[CH3-]. The van der Waals surface area contributed by atoms with Crippen LogP contribution in [0.3, 0.4) is 0 Å². The van der Waals surface area contributed by atoms with Gasteiger partial charge in [-0.1, -0.05) is 167 Å². The monoisotopic (exact) mass is 893 g/mol. The topological polar surface area (TPSA) is 0 Å². The summed E-state index contributed by atoms with van der Waals surface area (Å²) in [6, 6.07) is 60.6. The van der Waals surface area contributed by atoms with Gasteiger partial charge in [-0.05, 0) is 114 Å². The molecule has 0 saturated carbocycles. The predicted octanol–water partition coefficient (Wildman–Crippen LogP) is 17.1. The molecule has 0 bridgehead atoms. The van der Waals surface area contributed by atoms with Crippen molar-refractivity contribution in [1.82, 2.24) is 0 Å². The minimum absolute atomic E-state index is 0. The van der Waals surface area contributed by atoms with Gasteiger partial charge >= 0.3 is 0 Å². The van der Waals surface area contributed by atoms with E-state index in [0.717, 1.165) is 0 Å². The number of fused-ring (bicyclic) bond motifs is 12. The summed E-state index contributed by atoms with van der Waals surface area (Å²) >= 11 is 6.28. The summed E-state index contributed by atoms with van der Waals surface area (Å²) in [6.45, 7) is 9.40. The fourth-order valence-corrected chi connectivity index (χ4v) is 13.0. The third kappa shape index (κ3) is 5.50. The Labute approximate surface area is 363 Å². The van der Waals surface area contributed by atoms with Crippen molar-refractivity contribution in [3.8, 4) is 44.5 Å². The molecule has 0 radical (unpaired) electrons. The number of rotatable bonds is 2. The zero-order valence-electron chi connectivity index (χ0n) is 33.3. The van der Waals surface area contributed by atoms with Crippen molar-refractivity contribution in [2.45, 2.75) is 38.5 Å². The fraction of sp³-hybridized carbons (Fsp3) is 0.109. The number of benzene rings is 8. The van der Waals surface area contributed by atoms with Crippen LogP contribution < -0.4 is 0 Å². The first-order valence-corrected chi connectivity index (χ1v) is 22.4. The van der Waals surface area contributed by atoms with Crippen LogP contribution in [0.4, 0.5) is 0 Å². The standard InChI is InChI=1S/C27H19IS.C27H20S.CH3/c1-27(2)22-11-4-3-7-18(22)19-14-13-16(15-23(19)27)17-8-5-9-20-21-10-6-12-24(28)26(21)29-25(17)20;1-27(2)23-12-5-3-8-19(23)20-15-14-17(16-24(20)27)18-10-7-11-22-21-9-4-6-13-25(21)28-26(18)22;/h3-15H,1-2H3;3-16H,1-2H3;1H3/q;;-1. The van der Waals surface area contributed by atoms with Crippen LogP contribution in [-0.4, -0.2) is 0 Å². The number of hydrogen-bond donors (Lipinski definition) is 0. The highest BCUT2D eigenvalue weighted by Crippen LogP contribution is 2.52. The van der Waals surface area contributed by atoms with Gasteiger partial charge in [-0.25, -0.2) is 0 Å². The summed E-state index contributed by atoms with van der Waals surface area (Å²) in [5, 5.41) is 5.45. The molecule has 282 valence electrons. The first-order valence-electron chi connectivity index (χ1n) is 19.7. The zero-order chi connectivity index (χ0) is 38.6. The van der Waals surface area contributed by atoms with Gasteiger partial charge in [0.2, 0.25) is 0 Å². The number of halogens is 1. The van der Waals surface area contributed by atoms with Crippen molar-refractivity contribution in [3.63, 3.8) is 0 Å². The molecule has 3 heteroatoms. The molecule has 0 unspecified atom stereocenters. The molecule has 12 rings (SSSR count). The summed E-state index contributed by atoms with van der Waals surface area (Å²) in [7, 11) is 0. The van der Waals surface area contributed by atoms with Gasteiger partial charge in [-0.3, -0.25) is 0 Å². The fourth-order valence-electron chi connectivity index (χ4n) is 9.73. The second-order valence-corrected chi connectivity index (χ2v) is 19.8. The average molecular weight is 894 g/mol. The van der Waals surface area contributed by atoms with Gasteiger partial charge in [0, 0.05) is 54.7 Å². The normalized spacial score (nSPS) is 14.1. The predicted molar refractivity (Wildman–Crippen MR) is 264 cm³/mol. The van der Waals surface area contributed by atoms with E-state index in [1.807, 2.05) is 22.7 Å². The summed E-state index contributed by atoms with van der Waals surface area (Å²) in [5.41, 5.74) is 16.7. The maximum Gasteiger partial charge on any atom is 0.0489 e. The lowest BCUT2D eigenvalue weighted by molar-refractivity contribution is 0.660. The van der Waals surface area contributed by atoms with Gasteiger partial charge in [-0.15, -0.1) is 22.7 Å². The molecule has 0 N–H and O–H groups in total. The molecule has 0 amide bonds. The Hall–Kier alpha value is -5.07. The molecule has 0 fully saturated rings. The highest BCUT2D eigenvalue weighted by Gasteiger charge is 2.36. The Kier molecular flexibility index (Phi) is 8.83. The van der Waals surface area contributed by atoms with Crippen LogP contribution in [-0.2, 0) is 10.8 Å². The summed E-state index contributed by atoms with van der Waals surface area (Å²) < 4.78 is 6.86. The lowest BCUT2D eigenvalue weighted by Crippen LogP contribution is -2.14. The van der Waals surface area contributed by atoms with Gasteiger partial charge in [0.15, 0.2) is 0 Å². The zero-order valence-corrected chi connectivity index (χ0v) is 37.1. The number of hydrogen-bond acceptors (Lipinski definition) is 2. The van der Waals surface area contributed by atoms with Gasteiger partial charge in [0.1, 0.15) is 0 Å². The van der Waals surface area contributed by atoms with E-state index in [-0.39, 0.29) is 18.3 Å². The van der Waals surface area contributed by atoms with Crippen molar-refractivity contribution in [2.75, 3.05) is 0 Å². The Balaban J connectivity index is 0.000000138. The van der Waals surface area contributed by atoms with Crippen LogP contribution >= 0.6 is 45.3 Å². The maximum atomic E-state index is 2.46. The van der Waals surface area contributed by atoms with Gasteiger partial charge in [0.05, 0.1) is 0 Å². The molecular formula is C55H42IS2-. The largest absolute Gasteiger partial charge is 0.358 e. The van der Waals surface area contributed by atoms with E-state index in [2.05, 4.69) is 214 Å². The quantitative estimate of drug-likeness (QED) is 0.120. The minimum Gasteiger partial charge on any atom is -0.358 e. The van der Waals surface area contributed by atoms with E-state index >= 15 is 0 Å². The minimum atomic E-state index is 0. The van der Waals surface area contributed by atoms with Gasteiger partial charge < -0.3 is 7.43 Å². The second kappa shape index (κ2) is 13.8. The summed E-state index contributed by atoms with van der Waals surface area (Å²) in [6.07, 6.45) is 0. The molecule has 2 aliphatic rings. The van der Waals surface area contributed by atoms with Crippen LogP contribution in [0.2, 0.25) is 0 Å². The molecule has 10 aromatic rings. The third-order valence-corrected chi connectivity index (χ3v) is 16.4. The lowest BCUT2D eigenvalue weighted by Gasteiger charge is -2.22. The van der Waals surface area contributed by atoms with E-state index in [0.29, 0.717) is 0 Å². The van der Waals surface area contributed by atoms with Crippen LogP contribution in [0.25, 0.3) is 84.9 Å². The van der Waals surface area contributed by atoms with Crippen molar-refractivity contribution in [1.29, 1.82) is 0 Å². The van der Waals surface area contributed by atoms with Crippen molar-refractivity contribution < 1.29 is 0 Å². The summed E-state index contributed by atoms with van der Waals surface area (Å²) in [5.74, 6) is 0. The molecule has 8 aromatic carbocycles. The molecule has 2 aliphatic carbocycles. The molecule has 0 atom stereocenters. The Morgan fingerprint density at radius 2 is 0.776 bits per heavy atom. The van der Waals surface area contributed by atoms with E-state index in [1.165, 1.54) is 111 Å². The number of thiophene rings is 2. The Bertz CT molecular complexity index is 3260. The lowest BCUT2D eigenvalue weighted by atomic mass is 9.81. The highest BCUT2D eigenvalue weighted by atomic mass is 127. The first-order chi connectivity index (χ1) is 27.7. The van der Waals surface area contributed by atoms with Crippen LogP contribution in [0.1, 0.15) is 49.9 Å². The second-order valence-electron chi connectivity index (χ2n) is 16.5. The molecule has 58 heavy (non-hydrogen) atoms. The van der Waals surface area contributed by atoms with Crippen LogP contribution in [0, 0.1) is 11.0 Å². The summed E-state index contributed by atoms with van der Waals surface area (Å²) in [4.78, 5) is 0. The molecule has 2 aromatic heterocycles. The van der Waals surface area contributed by atoms with Gasteiger partial charge in [0.25, 0.3) is 0 Å². The molecule has 0 nitrogen and oxygen atoms in total. The van der Waals surface area contributed by atoms with Crippen molar-refractivity contribution >= 4 is 85.6 Å². The Morgan fingerprint density at radius 1 is 0.362 bits per heavy atom. The third-order valence-electron chi connectivity index (χ3n) is 12.7. The molecule has 0 saturated heterocycles. The Morgan fingerprint density at radius 3 is 1.36 bits per heavy atom. The smallest absolute Gasteiger partial charge is 0.0489 e. The van der Waals surface area contributed by atoms with Gasteiger partial charge in [-0.2, -0.15) is 0 Å². The van der Waals surface area contributed by atoms with E-state index in [4.69, 9.17) is 0 Å². The molecule has 0 spiro atoms. The molecular weight excluding hydrogens is 852 g/mol. The first kappa shape index (κ1) is 37.2. The van der Waals surface area contributed by atoms with Crippen molar-refractivity contribution in [3.05, 3.63) is 197 Å². The van der Waals surface area contributed by atoms with E-state index < -0.39 is 0 Å². The molecule has 0 aliphatic heterocycles. The average Bonchev–Trinajstić information content (AvgIpc) is 3.94. The van der Waals surface area contributed by atoms with Crippen molar-refractivity contribution in [2.24, 2.45) is 0 Å². The van der Waals surface area contributed by atoms with Crippen LogP contribution in [0.15, 0.2) is 164 Å². The van der Waals surface area contributed by atoms with E-state index in [9.17, 15) is 0 Å². The molecule has 2 heterocycles. The van der Waals surface area contributed by atoms with E-state index in [1.54, 1.807) is 0 Å². The maximum absolute atomic E-state index is 2.46. The highest BCUT2D eigenvalue weighted by molar-refractivity contribution is 14.1.